The van der Waals surface area contributed by atoms with Crippen molar-refractivity contribution in [3.8, 4) is 0 Å². The summed E-state index contributed by atoms with van der Waals surface area (Å²) in [5, 5.41) is 0. The summed E-state index contributed by atoms with van der Waals surface area (Å²) in [6, 6.07) is 0. The lowest BCUT2D eigenvalue weighted by Gasteiger charge is -2.39. The topological polar surface area (TPSA) is 27.7 Å². The Kier molecular flexibility index (Phi) is 20.2. The van der Waals surface area contributed by atoms with Gasteiger partial charge in [-0.1, -0.05) is 111 Å². The predicted molar refractivity (Wildman–Crippen MR) is 140 cm³/mol. The lowest BCUT2D eigenvalue weighted by Crippen LogP contribution is -2.46. The average molecular weight is 457 g/mol. The van der Waals surface area contributed by atoms with Crippen LogP contribution in [0.25, 0.3) is 0 Å². The van der Waals surface area contributed by atoms with Crippen LogP contribution in [-0.2, 0) is 14.2 Å². The van der Waals surface area contributed by atoms with Crippen LogP contribution in [-0.4, -0.2) is 25.8 Å². The SMILES string of the molecule is CCCCCCCCCCC(CCCCCCCC(C)(C)C)C(OCC)(OCC)OCC. The van der Waals surface area contributed by atoms with E-state index in [2.05, 4.69) is 48.5 Å². The van der Waals surface area contributed by atoms with Crippen LogP contribution in [0.2, 0.25) is 0 Å². The third-order valence-electron chi connectivity index (χ3n) is 6.42. The van der Waals surface area contributed by atoms with Gasteiger partial charge in [-0.15, -0.1) is 0 Å². The number of rotatable bonds is 23. The van der Waals surface area contributed by atoms with Crippen LogP contribution in [0, 0.1) is 11.3 Å². The van der Waals surface area contributed by atoms with E-state index >= 15 is 0 Å². The lowest BCUT2D eigenvalue weighted by atomic mass is 9.88. The Labute approximate surface area is 202 Å². The van der Waals surface area contributed by atoms with Crippen molar-refractivity contribution in [2.24, 2.45) is 11.3 Å². The first kappa shape index (κ1) is 31.9. The minimum atomic E-state index is -0.856. The molecule has 3 heteroatoms. The Balaban J connectivity index is 4.63. The first-order valence-electron chi connectivity index (χ1n) is 14.3. The van der Waals surface area contributed by atoms with E-state index in [9.17, 15) is 0 Å². The molecule has 0 aromatic rings. The predicted octanol–water partition coefficient (Wildman–Crippen LogP) is 9.67. The van der Waals surface area contributed by atoms with Crippen molar-refractivity contribution in [2.75, 3.05) is 19.8 Å². The second-order valence-electron chi connectivity index (χ2n) is 10.7. The van der Waals surface area contributed by atoms with Gasteiger partial charge in [0.1, 0.15) is 0 Å². The largest absolute Gasteiger partial charge is 0.328 e. The average Bonchev–Trinajstić information content (AvgIpc) is 2.73. The number of ether oxygens (including phenoxy) is 3. The minimum Gasteiger partial charge on any atom is -0.328 e. The maximum atomic E-state index is 6.18. The molecule has 0 saturated carbocycles. The zero-order chi connectivity index (χ0) is 24.1. The van der Waals surface area contributed by atoms with E-state index < -0.39 is 5.97 Å². The van der Waals surface area contributed by atoms with Crippen molar-refractivity contribution in [3.05, 3.63) is 0 Å². The molecule has 1 unspecified atom stereocenters. The Morgan fingerprint density at radius 2 is 0.875 bits per heavy atom. The van der Waals surface area contributed by atoms with Gasteiger partial charge in [-0.2, -0.15) is 0 Å². The number of unbranched alkanes of at least 4 members (excludes halogenated alkanes) is 11. The van der Waals surface area contributed by atoms with Gasteiger partial charge in [0.2, 0.25) is 0 Å². The molecule has 0 aromatic carbocycles. The maximum Gasteiger partial charge on any atom is 0.285 e. The van der Waals surface area contributed by atoms with Crippen LogP contribution in [0.4, 0.5) is 0 Å². The molecule has 32 heavy (non-hydrogen) atoms. The van der Waals surface area contributed by atoms with Crippen LogP contribution in [0.15, 0.2) is 0 Å². The second kappa shape index (κ2) is 20.3. The summed E-state index contributed by atoms with van der Waals surface area (Å²) in [7, 11) is 0. The van der Waals surface area contributed by atoms with Gasteiger partial charge in [0.15, 0.2) is 0 Å². The molecule has 0 fully saturated rings. The summed E-state index contributed by atoms with van der Waals surface area (Å²) in [4.78, 5) is 0. The highest BCUT2D eigenvalue weighted by atomic mass is 16.9. The fourth-order valence-electron chi connectivity index (χ4n) is 4.68. The van der Waals surface area contributed by atoms with Crippen molar-refractivity contribution >= 4 is 0 Å². The fraction of sp³-hybridized carbons (Fsp3) is 1.00. The first-order chi connectivity index (χ1) is 15.3. The lowest BCUT2D eigenvalue weighted by molar-refractivity contribution is -0.403. The molecule has 0 saturated heterocycles. The normalized spacial score (nSPS) is 13.6. The van der Waals surface area contributed by atoms with E-state index in [1.807, 2.05) is 0 Å². The van der Waals surface area contributed by atoms with Gasteiger partial charge in [-0.3, -0.25) is 0 Å². The molecule has 0 rings (SSSR count). The quantitative estimate of drug-likeness (QED) is 0.113. The Morgan fingerprint density at radius 1 is 0.500 bits per heavy atom. The fourth-order valence-corrected chi connectivity index (χ4v) is 4.68. The van der Waals surface area contributed by atoms with Gasteiger partial charge in [-0.25, -0.2) is 0 Å². The molecule has 0 N–H and O–H groups in total. The van der Waals surface area contributed by atoms with E-state index in [1.165, 1.54) is 89.9 Å². The Bertz CT molecular complexity index is 371. The highest BCUT2D eigenvalue weighted by Crippen LogP contribution is 2.35. The molecule has 0 aliphatic carbocycles. The molecule has 0 radical (unpaired) electrons. The number of hydrogen-bond acceptors (Lipinski definition) is 3. The molecule has 3 nitrogen and oxygen atoms in total. The molecule has 194 valence electrons. The van der Waals surface area contributed by atoms with Crippen LogP contribution in [0.5, 0.6) is 0 Å². The van der Waals surface area contributed by atoms with Gasteiger partial charge >= 0.3 is 0 Å². The zero-order valence-corrected chi connectivity index (χ0v) is 23.2. The summed E-state index contributed by atoms with van der Waals surface area (Å²) < 4.78 is 18.6. The van der Waals surface area contributed by atoms with Crippen LogP contribution < -0.4 is 0 Å². The second-order valence-corrected chi connectivity index (χ2v) is 10.7. The smallest absolute Gasteiger partial charge is 0.285 e. The summed E-state index contributed by atoms with van der Waals surface area (Å²) in [5.74, 6) is -0.539. The van der Waals surface area contributed by atoms with Gasteiger partial charge in [-0.05, 0) is 45.4 Å². The summed E-state index contributed by atoms with van der Waals surface area (Å²) in [6.07, 6.45) is 21.0. The third kappa shape index (κ3) is 16.5. The minimum absolute atomic E-state index is 0.317. The van der Waals surface area contributed by atoms with Gasteiger partial charge in [0, 0.05) is 25.7 Å². The molecule has 0 heterocycles. The van der Waals surface area contributed by atoms with Crippen molar-refractivity contribution in [1.29, 1.82) is 0 Å². The summed E-state index contributed by atoms with van der Waals surface area (Å²) >= 11 is 0. The molecule has 0 aliphatic heterocycles. The Hall–Kier alpha value is -0.120. The number of hydrogen-bond donors (Lipinski definition) is 0. The molecule has 0 aromatic heterocycles. The van der Waals surface area contributed by atoms with Crippen LogP contribution in [0.1, 0.15) is 151 Å². The maximum absolute atomic E-state index is 6.18. The summed E-state index contributed by atoms with van der Waals surface area (Å²) in [5.41, 5.74) is 0.465. The first-order valence-corrected chi connectivity index (χ1v) is 14.3. The van der Waals surface area contributed by atoms with Crippen molar-refractivity contribution in [1.82, 2.24) is 0 Å². The molecule has 0 bridgehead atoms. The third-order valence-corrected chi connectivity index (χ3v) is 6.42. The Morgan fingerprint density at radius 3 is 1.25 bits per heavy atom. The van der Waals surface area contributed by atoms with Crippen molar-refractivity contribution in [3.63, 3.8) is 0 Å². The van der Waals surface area contributed by atoms with Crippen molar-refractivity contribution < 1.29 is 14.2 Å². The van der Waals surface area contributed by atoms with E-state index in [0.29, 0.717) is 31.2 Å². The monoisotopic (exact) mass is 456 g/mol. The molecule has 0 spiro atoms. The van der Waals surface area contributed by atoms with E-state index in [0.717, 1.165) is 12.8 Å². The van der Waals surface area contributed by atoms with Crippen LogP contribution >= 0.6 is 0 Å². The van der Waals surface area contributed by atoms with Gasteiger partial charge in [0.25, 0.3) is 5.97 Å². The van der Waals surface area contributed by atoms with E-state index in [-0.39, 0.29) is 0 Å². The van der Waals surface area contributed by atoms with E-state index in [1.54, 1.807) is 0 Å². The highest BCUT2D eigenvalue weighted by Gasteiger charge is 2.41. The van der Waals surface area contributed by atoms with Gasteiger partial charge in [0.05, 0.1) is 0 Å². The molecule has 0 aliphatic rings. The zero-order valence-electron chi connectivity index (χ0n) is 23.2. The van der Waals surface area contributed by atoms with Crippen molar-refractivity contribution in [2.45, 2.75) is 157 Å². The molecular formula is C29H60O3. The standard InChI is InChI=1S/C29H60O3/c1-8-12-13-14-15-16-18-21-24-27(29(30-9-2,31-10-3)32-11-4)25-22-19-17-20-23-26-28(5,6)7/h27H,8-26H2,1-7H3. The summed E-state index contributed by atoms with van der Waals surface area (Å²) in [6.45, 7) is 17.3. The van der Waals surface area contributed by atoms with E-state index in [4.69, 9.17) is 14.2 Å². The highest BCUT2D eigenvalue weighted by molar-refractivity contribution is 4.73. The van der Waals surface area contributed by atoms with Gasteiger partial charge < -0.3 is 14.2 Å². The molecule has 0 amide bonds. The van der Waals surface area contributed by atoms with Crippen LogP contribution in [0.3, 0.4) is 0 Å². The molecular weight excluding hydrogens is 396 g/mol. The molecule has 1 atom stereocenters.